The Bertz CT molecular complexity index is 940. The van der Waals surface area contributed by atoms with Crippen LogP contribution in [0.15, 0.2) is 41.3 Å². The Kier molecular flexibility index (Phi) is 5.15. The van der Waals surface area contributed by atoms with Gasteiger partial charge in [0.2, 0.25) is 0 Å². The Balaban J connectivity index is 2.01. The zero-order valence-electron chi connectivity index (χ0n) is 13.5. The molecule has 0 saturated carbocycles. The van der Waals surface area contributed by atoms with Crippen LogP contribution in [0.5, 0.6) is 0 Å². The molecular weight excluding hydrogens is 386 g/mol. The number of anilines is 1. The summed E-state index contributed by atoms with van der Waals surface area (Å²) < 4.78 is 54.8. The van der Waals surface area contributed by atoms with Gasteiger partial charge in [-0.05, 0) is 43.2 Å². The number of amides is 1. The third kappa shape index (κ3) is 3.66. The van der Waals surface area contributed by atoms with Gasteiger partial charge in [-0.2, -0.15) is 0 Å². The molecule has 2 aromatic carbocycles. The third-order valence-corrected chi connectivity index (χ3v) is 5.69. The van der Waals surface area contributed by atoms with E-state index in [1.54, 1.807) is 4.90 Å². The summed E-state index contributed by atoms with van der Waals surface area (Å²) in [6, 6.07) is 6.81. The number of likely N-dealkylation sites (tertiary alicyclic amines) is 1. The molecule has 1 heterocycles. The summed E-state index contributed by atoms with van der Waals surface area (Å²) in [5.74, 6) is -2.83. The lowest BCUT2D eigenvalue weighted by molar-refractivity contribution is 0.0794. The first-order chi connectivity index (χ1) is 12.3. The van der Waals surface area contributed by atoms with Gasteiger partial charge < -0.3 is 4.90 Å². The molecule has 26 heavy (non-hydrogen) atoms. The second-order valence-electron chi connectivity index (χ2n) is 5.85. The number of nitrogens with one attached hydrogen (secondary N) is 1. The van der Waals surface area contributed by atoms with Crippen molar-refractivity contribution in [1.82, 2.24) is 4.90 Å². The smallest absolute Gasteiger partial charge is 0.267 e. The molecule has 2 aromatic rings. The summed E-state index contributed by atoms with van der Waals surface area (Å²) >= 11 is 5.91. The first-order valence-electron chi connectivity index (χ1n) is 7.85. The maximum absolute atomic E-state index is 13.9. The summed E-state index contributed by atoms with van der Waals surface area (Å²) in [6.07, 6.45) is 1.72. The Morgan fingerprint density at radius 1 is 1.08 bits per heavy atom. The summed E-state index contributed by atoms with van der Waals surface area (Å²) in [5.41, 5.74) is -0.0614. The van der Waals surface area contributed by atoms with E-state index in [0.29, 0.717) is 13.1 Å². The molecule has 0 unspecified atom stereocenters. The quantitative estimate of drug-likeness (QED) is 0.851. The van der Waals surface area contributed by atoms with Crippen LogP contribution in [0.3, 0.4) is 0 Å². The van der Waals surface area contributed by atoms with Crippen LogP contribution < -0.4 is 4.72 Å². The molecule has 9 heteroatoms. The van der Waals surface area contributed by atoms with Crippen LogP contribution in [0.2, 0.25) is 5.02 Å². The maximum atomic E-state index is 13.9. The van der Waals surface area contributed by atoms with Crippen LogP contribution in [0.25, 0.3) is 0 Å². The van der Waals surface area contributed by atoms with Gasteiger partial charge in [0.15, 0.2) is 4.90 Å². The molecule has 1 aliphatic rings. The number of hydrogen-bond acceptors (Lipinski definition) is 3. The van der Waals surface area contributed by atoms with Gasteiger partial charge in [-0.15, -0.1) is 0 Å². The lowest BCUT2D eigenvalue weighted by atomic mass is 10.1. The third-order valence-electron chi connectivity index (χ3n) is 4.04. The fourth-order valence-electron chi connectivity index (χ4n) is 2.81. The molecule has 1 saturated heterocycles. The molecule has 0 bridgehead atoms. The number of carbonyl (C=O) groups is 1. The summed E-state index contributed by atoms with van der Waals surface area (Å²) in [7, 11) is -4.60. The van der Waals surface area contributed by atoms with Crippen LogP contribution in [0, 0.1) is 11.6 Å². The van der Waals surface area contributed by atoms with E-state index in [9.17, 15) is 22.0 Å². The summed E-state index contributed by atoms with van der Waals surface area (Å²) in [5, 5.41) is 0.176. The molecule has 1 N–H and O–H groups in total. The number of carbonyl (C=O) groups excluding carboxylic acids is 1. The predicted octanol–water partition coefficient (Wildman–Crippen LogP) is 3.66. The minimum absolute atomic E-state index is 0.0663. The van der Waals surface area contributed by atoms with Gasteiger partial charge >= 0.3 is 0 Å². The van der Waals surface area contributed by atoms with Crippen molar-refractivity contribution in [2.45, 2.75) is 17.7 Å². The molecule has 0 aromatic heterocycles. The molecule has 138 valence electrons. The molecule has 1 amide bonds. The number of benzene rings is 2. The maximum Gasteiger partial charge on any atom is 0.267 e. The highest BCUT2D eigenvalue weighted by Crippen LogP contribution is 2.28. The molecule has 3 rings (SSSR count). The van der Waals surface area contributed by atoms with Gasteiger partial charge in [0.1, 0.15) is 11.6 Å². The largest absolute Gasteiger partial charge is 0.339 e. The molecule has 0 radical (unpaired) electrons. The van der Waals surface area contributed by atoms with E-state index in [2.05, 4.69) is 4.72 Å². The zero-order valence-corrected chi connectivity index (χ0v) is 15.1. The summed E-state index contributed by atoms with van der Waals surface area (Å²) in [6.45, 7) is 1.13. The lowest BCUT2D eigenvalue weighted by Crippen LogP contribution is -2.29. The number of sulfonamides is 1. The first-order valence-corrected chi connectivity index (χ1v) is 9.71. The van der Waals surface area contributed by atoms with Crippen LogP contribution in [-0.4, -0.2) is 32.3 Å². The van der Waals surface area contributed by atoms with E-state index in [1.807, 2.05) is 0 Å². The Morgan fingerprint density at radius 3 is 2.31 bits per heavy atom. The minimum atomic E-state index is -4.60. The Morgan fingerprint density at radius 2 is 1.69 bits per heavy atom. The van der Waals surface area contributed by atoms with Gasteiger partial charge in [0, 0.05) is 18.1 Å². The van der Waals surface area contributed by atoms with Crippen molar-refractivity contribution < 1.29 is 22.0 Å². The lowest BCUT2D eigenvalue weighted by Gasteiger charge is -2.19. The van der Waals surface area contributed by atoms with Gasteiger partial charge in [0.25, 0.3) is 15.9 Å². The van der Waals surface area contributed by atoms with Gasteiger partial charge in [0.05, 0.1) is 11.3 Å². The zero-order chi connectivity index (χ0) is 18.9. The van der Waals surface area contributed by atoms with Crippen molar-refractivity contribution in [1.29, 1.82) is 0 Å². The van der Waals surface area contributed by atoms with Gasteiger partial charge in [-0.25, -0.2) is 17.2 Å². The average Bonchev–Trinajstić information content (AvgIpc) is 3.08. The van der Waals surface area contributed by atoms with E-state index in [4.69, 9.17) is 11.6 Å². The van der Waals surface area contributed by atoms with Crippen molar-refractivity contribution in [3.8, 4) is 0 Å². The molecule has 1 fully saturated rings. The first kappa shape index (κ1) is 18.6. The molecule has 0 atom stereocenters. The highest BCUT2D eigenvalue weighted by molar-refractivity contribution is 7.92. The summed E-state index contributed by atoms with van der Waals surface area (Å²) in [4.78, 5) is 13.1. The monoisotopic (exact) mass is 400 g/mol. The van der Waals surface area contributed by atoms with E-state index in [0.717, 1.165) is 31.0 Å². The Hall–Kier alpha value is -2.19. The Labute approximate surface area is 154 Å². The number of nitrogens with zero attached hydrogens (tertiary/aromatic N) is 1. The minimum Gasteiger partial charge on any atom is -0.339 e. The molecule has 0 aliphatic carbocycles. The van der Waals surface area contributed by atoms with Crippen molar-refractivity contribution in [3.05, 3.63) is 58.6 Å². The van der Waals surface area contributed by atoms with Crippen molar-refractivity contribution in [2.24, 2.45) is 0 Å². The highest BCUT2D eigenvalue weighted by Gasteiger charge is 2.27. The average molecular weight is 401 g/mol. The fraction of sp³-hybridized carbons (Fsp3) is 0.235. The highest BCUT2D eigenvalue weighted by atomic mass is 35.5. The fourth-order valence-corrected chi connectivity index (χ4v) is 4.20. The number of rotatable bonds is 4. The number of hydrogen-bond donors (Lipinski definition) is 1. The molecule has 1 aliphatic heterocycles. The SMILES string of the molecule is O=C(c1ccc(Cl)cc1NS(=O)(=O)c1c(F)cccc1F)N1CCCC1. The van der Waals surface area contributed by atoms with Gasteiger partial charge in [-0.1, -0.05) is 17.7 Å². The number of halogens is 3. The van der Waals surface area contributed by atoms with Crippen LogP contribution in [-0.2, 0) is 10.0 Å². The predicted molar refractivity (Wildman–Crippen MR) is 93.8 cm³/mol. The second kappa shape index (κ2) is 7.20. The van der Waals surface area contributed by atoms with Crippen molar-refractivity contribution in [3.63, 3.8) is 0 Å². The van der Waals surface area contributed by atoms with E-state index in [-0.39, 0.29) is 22.2 Å². The van der Waals surface area contributed by atoms with Gasteiger partial charge in [-0.3, -0.25) is 9.52 Å². The van der Waals surface area contributed by atoms with Crippen LogP contribution in [0.1, 0.15) is 23.2 Å². The van der Waals surface area contributed by atoms with Crippen molar-refractivity contribution >= 4 is 33.2 Å². The van der Waals surface area contributed by atoms with E-state index in [1.165, 1.54) is 18.2 Å². The topological polar surface area (TPSA) is 66.5 Å². The molecule has 0 spiro atoms. The molecule has 5 nitrogen and oxygen atoms in total. The van der Waals surface area contributed by atoms with Crippen LogP contribution >= 0.6 is 11.6 Å². The standard InChI is InChI=1S/C17H15ClF2N2O3S/c18-11-6-7-12(17(23)22-8-1-2-9-22)15(10-11)21-26(24,25)16-13(19)4-3-5-14(16)20/h3-7,10,21H,1-2,8-9H2. The molecular formula is C17H15ClF2N2O3S. The van der Waals surface area contributed by atoms with E-state index >= 15 is 0 Å². The normalized spacial score (nSPS) is 14.5. The van der Waals surface area contributed by atoms with Crippen LogP contribution in [0.4, 0.5) is 14.5 Å². The second-order valence-corrected chi connectivity index (χ2v) is 7.90. The van der Waals surface area contributed by atoms with Crippen molar-refractivity contribution in [2.75, 3.05) is 17.8 Å². The van der Waals surface area contributed by atoms with E-state index < -0.39 is 26.6 Å².